The number of rotatable bonds is 4. The van der Waals surface area contributed by atoms with Gasteiger partial charge in [0.05, 0.1) is 23.4 Å². The molecule has 0 saturated carbocycles. The van der Waals surface area contributed by atoms with Gasteiger partial charge in [-0.05, 0) is 55.8 Å². The summed E-state index contributed by atoms with van der Waals surface area (Å²) in [5.41, 5.74) is 2.60. The van der Waals surface area contributed by atoms with E-state index in [9.17, 15) is 8.42 Å². The molecule has 1 N–H and O–H groups in total. The number of nitrogens with one attached hydrogen (secondary N) is 1. The lowest BCUT2D eigenvalue weighted by Gasteiger charge is -2.11. The van der Waals surface area contributed by atoms with Gasteiger partial charge in [-0.2, -0.15) is 0 Å². The van der Waals surface area contributed by atoms with Gasteiger partial charge >= 0.3 is 0 Å². The van der Waals surface area contributed by atoms with Crippen molar-refractivity contribution in [3.05, 3.63) is 47.7 Å². The first kappa shape index (κ1) is 15.4. The van der Waals surface area contributed by atoms with Crippen LogP contribution in [0.15, 0.2) is 45.8 Å². The first-order chi connectivity index (χ1) is 10.9. The molecule has 0 radical (unpaired) electrons. The Morgan fingerprint density at radius 3 is 2.48 bits per heavy atom. The van der Waals surface area contributed by atoms with E-state index in [2.05, 4.69) is 9.88 Å². The van der Waals surface area contributed by atoms with Crippen LogP contribution in [0.4, 0.5) is 5.69 Å². The minimum Gasteiger partial charge on any atom is -0.497 e. The lowest BCUT2D eigenvalue weighted by Crippen LogP contribution is -2.13. The average Bonchev–Trinajstić information content (AvgIpc) is 2.88. The van der Waals surface area contributed by atoms with E-state index >= 15 is 0 Å². The number of aromatic nitrogens is 1. The van der Waals surface area contributed by atoms with Gasteiger partial charge in [-0.1, -0.05) is 5.16 Å². The summed E-state index contributed by atoms with van der Waals surface area (Å²) < 4.78 is 37.9. The van der Waals surface area contributed by atoms with Crippen LogP contribution in [0.2, 0.25) is 0 Å². The van der Waals surface area contributed by atoms with Crippen molar-refractivity contribution in [2.45, 2.75) is 18.7 Å². The highest BCUT2D eigenvalue weighted by molar-refractivity contribution is 7.92. The van der Waals surface area contributed by atoms with E-state index in [0.717, 1.165) is 10.9 Å². The number of nitrogens with zero attached hydrogens (tertiary/aromatic N) is 1. The van der Waals surface area contributed by atoms with Gasteiger partial charge in [0.15, 0.2) is 5.58 Å². The predicted molar refractivity (Wildman–Crippen MR) is 87.3 cm³/mol. The van der Waals surface area contributed by atoms with E-state index < -0.39 is 10.0 Å². The number of anilines is 1. The Hall–Kier alpha value is -2.54. The molecule has 2 aromatic carbocycles. The smallest absolute Gasteiger partial charge is 0.261 e. The number of benzene rings is 2. The van der Waals surface area contributed by atoms with Crippen molar-refractivity contribution in [1.29, 1.82) is 0 Å². The SMILES string of the molecule is COc1ccc(S(=O)(=O)Nc2cc3c(C)noc3cc2C)cc1. The monoisotopic (exact) mass is 332 g/mol. The van der Waals surface area contributed by atoms with E-state index in [1.165, 1.54) is 19.2 Å². The van der Waals surface area contributed by atoms with Crippen LogP contribution in [0.25, 0.3) is 11.0 Å². The molecule has 0 bridgehead atoms. The van der Waals surface area contributed by atoms with E-state index in [4.69, 9.17) is 9.26 Å². The maximum atomic E-state index is 12.5. The van der Waals surface area contributed by atoms with Crippen molar-refractivity contribution < 1.29 is 17.7 Å². The molecular formula is C16H16N2O4S. The van der Waals surface area contributed by atoms with Crippen LogP contribution >= 0.6 is 0 Å². The number of fused-ring (bicyclic) bond motifs is 1. The van der Waals surface area contributed by atoms with Crippen LogP contribution in [0, 0.1) is 13.8 Å². The third-order valence-corrected chi connectivity index (χ3v) is 4.99. The van der Waals surface area contributed by atoms with Gasteiger partial charge in [0.2, 0.25) is 0 Å². The highest BCUT2D eigenvalue weighted by Crippen LogP contribution is 2.28. The highest BCUT2D eigenvalue weighted by atomic mass is 32.2. The Labute approximate surface area is 134 Å². The second-order valence-corrected chi connectivity index (χ2v) is 6.89. The second kappa shape index (κ2) is 5.58. The number of hydrogen-bond acceptors (Lipinski definition) is 5. The fraction of sp³-hybridized carbons (Fsp3) is 0.188. The number of methoxy groups -OCH3 is 1. The molecule has 0 fully saturated rings. The first-order valence-corrected chi connectivity index (χ1v) is 8.42. The van der Waals surface area contributed by atoms with Gasteiger partial charge in [0, 0.05) is 5.39 Å². The normalized spacial score (nSPS) is 11.6. The molecule has 0 amide bonds. The van der Waals surface area contributed by atoms with Crippen molar-refractivity contribution in [3.8, 4) is 5.75 Å². The summed E-state index contributed by atoms with van der Waals surface area (Å²) in [6, 6.07) is 9.71. The summed E-state index contributed by atoms with van der Waals surface area (Å²) >= 11 is 0. The molecular weight excluding hydrogens is 316 g/mol. The topological polar surface area (TPSA) is 81.4 Å². The fourth-order valence-corrected chi connectivity index (χ4v) is 3.40. The molecule has 7 heteroatoms. The minimum absolute atomic E-state index is 0.167. The predicted octanol–water partition coefficient (Wildman–Crippen LogP) is 3.25. The number of ether oxygens (including phenoxy) is 1. The Bertz CT molecular complexity index is 960. The zero-order valence-electron chi connectivity index (χ0n) is 13.0. The summed E-state index contributed by atoms with van der Waals surface area (Å²) in [6.07, 6.45) is 0. The zero-order valence-corrected chi connectivity index (χ0v) is 13.8. The summed E-state index contributed by atoms with van der Waals surface area (Å²) in [4.78, 5) is 0.167. The standard InChI is InChI=1S/C16H16N2O4S/c1-10-8-16-14(11(2)17-22-16)9-15(10)18-23(19,20)13-6-4-12(21-3)5-7-13/h4-9,18H,1-3H3. The molecule has 3 rings (SSSR count). The summed E-state index contributed by atoms with van der Waals surface area (Å²) in [6.45, 7) is 3.62. The Balaban J connectivity index is 1.99. The molecule has 23 heavy (non-hydrogen) atoms. The second-order valence-electron chi connectivity index (χ2n) is 5.21. The maximum Gasteiger partial charge on any atom is 0.261 e. The third-order valence-electron chi connectivity index (χ3n) is 3.61. The molecule has 0 saturated heterocycles. The van der Waals surface area contributed by atoms with Crippen molar-refractivity contribution in [2.75, 3.05) is 11.8 Å². The fourth-order valence-electron chi connectivity index (χ4n) is 2.28. The molecule has 0 aliphatic heterocycles. The Morgan fingerprint density at radius 1 is 1.13 bits per heavy atom. The average molecular weight is 332 g/mol. The van der Waals surface area contributed by atoms with Gasteiger partial charge in [-0.25, -0.2) is 8.42 Å². The van der Waals surface area contributed by atoms with Gasteiger partial charge in [0.25, 0.3) is 10.0 Å². The summed E-state index contributed by atoms with van der Waals surface area (Å²) in [7, 11) is -2.15. The summed E-state index contributed by atoms with van der Waals surface area (Å²) in [5, 5.41) is 4.67. The minimum atomic E-state index is -3.68. The van der Waals surface area contributed by atoms with E-state index in [0.29, 0.717) is 22.7 Å². The molecule has 0 aliphatic carbocycles. The highest BCUT2D eigenvalue weighted by Gasteiger charge is 2.17. The number of sulfonamides is 1. The van der Waals surface area contributed by atoms with Crippen molar-refractivity contribution in [3.63, 3.8) is 0 Å². The summed E-state index contributed by atoms with van der Waals surface area (Å²) in [5.74, 6) is 0.599. The van der Waals surface area contributed by atoms with E-state index in [-0.39, 0.29) is 4.90 Å². The van der Waals surface area contributed by atoms with Gasteiger partial charge < -0.3 is 9.26 Å². The lowest BCUT2D eigenvalue weighted by molar-refractivity contribution is 0.414. The van der Waals surface area contributed by atoms with Crippen LogP contribution in [-0.2, 0) is 10.0 Å². The van der Waals surface area contributed by atoms with Crippen LogP contribution in [0.1, 0.15) is 11.3 Å². The van der Waals surface area contributed by atoms with Crippen LogP contribution in [-0.4, -0.2) is 20.7 Å². The van der Waals surface area contributed by atoms with Crippen LogP contribution in [0.5, 0.6) is 5.75 Å². The van der Waals surface area contributed by atoms with E-state index in [1.807, 2.05) is 13.8 Å². The number of aryl methyl sites for hydroxylation is 2. The third kappa shape index (κ3) is 2.87. The van der Waals surface area contributed by atoms with Gasteiger partial charge in [-0.15, -0.1) is 0 Å². The first-order valence-electron chi connectivity index (χ1n) is 6.94. The Morgan fingerprint density at radius 2 is 1.83 bits per heavy atom. The van der Waals surface area contributed by atoms with Gasteiger partial charge in [-0.3, -0.25) is 4.72 Å². The molecule has 0 atom stereocenters. The van der Waals surface area contributed by atoms with Crippen LogP contribution < -0.4 is 9.46 Å². The van der Waals surface area contributed by atoms with Crippen molar-refractivity contribution in [2.24, 2.45) is 0 Å². The molecule has 3 aromatic rings. The van der Waals surface area contributed by atoms with Crippen LogP contribution in [0.3, 0.4) is 0 Å². The maximum absolute atomic E-state index is 12.5. The molecule has 1 heterocycles. The molecule has 1 aromatic heterocycles. The molecule has 0 spiro atoms. The van der Waals surface area contributed by atoms with Crippen molar-refractivity contribution >= 4 is 26.7 Å². The quantitative estimate of drug-likeness (QED) is 0.793. The molecule has 120 valence electrons. The molecule has 0 unspecified atom stereocenters. The Kier molecular flexibility index (Phi) is 3.73. The van der Waals surface area contributed by atoms with Crippen molar-refractivity contribution in [1.82, 2.24) is 5.16 Å². The van der Waals surface area contributed by atoms with Gasteiger partial charge in [0.1, 0.15) is 5.75 Å². The number of hydrogen-bond donors (Lipinski definition) is 1. The lowest BCUT2D eigenvalue weighted by atomic mass is 10.1. The zero-order chi connectivity index (χ0) is 16.6. The molecule has 6 nitrogen and oxygen atoms in total. The largest absolute Gasteiger partial charge is 0.497 e. The molecule has 0 aliphatic rings. The van der Waals surface area contributed by atoms with E-state index in [1.54, 1.807) is 24.3 Å².